The monoisotopic (exact) mass is 288 g/mol. The number of aryl methyl sites for hydroxylation is 3. The largest absolute Gasteiger partial charge is 0.373 e. The average Bonchev–Trinajstić information content (AvgIpc) is 2.71. The zero-order valence-electron chi connectivity index (χ0n) is 13.7. The van der Waals surface area contributed by atoms with Crippen LogP contribution in [0.1, 0.15) is 35.3 Å². The van der Waals surface area contributed by atoms with E-state index in [4.69, 9.17) is 0 Å². The number of aromatic nitrogens is 4. The van der Waals surface area contributed by atoms with Crippen LogP contribution < -0.4 is 10.6 Å². The van der Waals surface area contributed by atoms with Crippen molar-refractivity contribution in [2.75, 3.05) is 17.7 Å². The first-order valence-electron chi connectivity index (χ1n) is 7.26. The second kappa shape index (κ2) is 6.11. The third kappa shape index (κ3) is 2.99. The molecule has 6 heteroatoms. The molecule has 2 aromatic rings. The highest BCUT2D eigenvalue weighted by molar-refractivity contribution is 5.57. The Labute approximate surface area is 126 Å². The topological polar surface area (TPSA) is 67.7 Å². The molecule has 0 aliphatic heterocycles. The van der Waals surface area contributed by atoms with Crippen molar-refractivity contribution in [1.82, 2.24) is 19.7 Å². The molecule has 0 aliphatic rings. The Morgan fingerprint density at radius 1 is 1.10 bits per heavy atom. The molecule has 2 N–H and O–H groups in total. The Kier molecular flexibility index (Phi) is 4.45. The molecule has 2 rings (SSSR count). The van der Waals surface area contributed by atoms with Crippen LogP contribution in [0.25, 0.3) is 0 Å². The zero-order chi connectivity index (χ0) is 15.6. The fourth-order valence-electron chi connectivity index (χ4n) is 2.38. The van der Waals surface area contributed by atoms with Gasteiger partial charge in [-0.25, -0.2) is 9.97 Å². The molecule has 0 fully saturated rings. The fourth-order valence-corrected chi connectivity index (χ4v) is 2.38. The van der Waals surface area contributed by atoms with Crippen molar-refractivity contribution >= 4 is 11.6 Å². The highest BCUT2D eigenvalue weighted by Crippen LogP contribution is 2.21. The van der Waals surface area contributed by atoms with Gasteiger partial charge in [-0.05, 0) is 20.8 Å². The van der Waals surface area contributed by atoms with E-state index in [1.165, 1.54) is 11.3 Å². The predicted octanol–water partition coefficient (Wildman–Crippen LogP) is 2.35. The van der Waals surface area contributed by atoms with Gasteiger partial charge in [0.2, 0.25) is 0 Å². The molecular formula is C15H24N6. The van der Waals surface area contributed by atoms with Gasteiger partial charge in [0.15, 0.2) is 0 Å². The quantitative estimate of drug-likeness (QED) is 0.884. The SMILES string of the molecule is CCc1nc(NC)c(C)c(NCc2c(C)nn(C)c2C)n1. The summed E-state index contributed by atoms with van der Waals surface area (Å²) in [5, 5.41) is 11.0. The minimum Gasteiger partial charge on any atom is -0.373 e. The fraction of sp³-hybridized carbons (Fsp3) is 0.533. The molecular weight excluding hydrogens is 264 g/mol. The minimum atomic E-state index is 0.718. The van der Waals surface area contributed by atoms with Crippen LogP contribution in [-0.2, 0) is 20.0 Å². The lowest BCUT2D eigenvalue weighted by Crippen LogP contribution is -2.10. The van der Waals surface area contributed by atoms with E-state index < -0.39 is 0 Å². The van der Waals surface area contributed by atoms with Gasteiger partial charge in [0.05, 0.1) is 5.69 Å². The molecule has 2 heterocycles. The molecule has 0 bridgehead atoms. The molecule has 0 aromatic carbocycles. The number of nitrogens with one attached hydrogen (secondary N) is 2. The van der Waals surface area contributed by atoms with Crippen LogP contribution in [-0.4, -0.2) is 26.8 Å². The standard InChI is InChI=1S/C15H24N6/c1-7-13-18-14(16-5)9(2)15(19-13)17-8-12-10(3)20-21(6)11(12)4/h7-8H2,1-6H3,(H2,16,17,18,19). The summed E-state index contributed by atoms with van der Waals surface area (Å²) in [6.07, 6.45) is 0.814. The van der Waals surface area contributed by atoms with Crippen LogP contribution in [0.15, 0.2) is 0 Å². The Morgan fingerprint density at radius 2 is 1.76 bits per heavy atom. The van der Waals surface area contributed by atoms with E-state index in [1.807, 2.05) is 32.6 Å². The summed E-state index contributed by atoms with van der Waals surface area (Å²) in [7, 11) is 3.85. The van der Waals surface area contributed by atoms with Crippen LogP contribution in [0.4, 0.5) is 11.6 Å². The molecule has 0 atom stereocenters. The molecule has 0 spiro atoms. The van der Waals surface area contributed by atoms with Crippen molar-refractivity contribution in [3.8, 4) is 0 Å². The summed E-state index contributed by atoms with van der Waals surface area (Å²) in [5.74, 6) is 2.60. The predicted molar refractivity (Wildman–Crippen MR) is 85.7 cm³/mol. The Morgan fingerprint density at radius 3 is 2.29 bits per heavy atom. The molecule has 21 heavy (non-hydrogen) atoms. The molecule has 0 amide bonds. The first kappa shape index (κ1) is 15.3. The molecule has 0 radical (unpaired) electrons. The summed E-state index contributed by atoms with van der Waals surface area (Å²) < 4.78 is 1.91. The van der Waals surface area contributed by atoms with Crippen molar-refractivity contribution in [3.05, 3.63) is 28.3 Å². The van der Waals surface area contributed by atoms with Crippen molar-refractivity contribution in [2.24, 2.45) is 7.05 Å². The van der Waals surface area contributed by atoms with Crippen LogP contribution in [0.2, 0.25) is 0 Å². The van der Waals surface area contributed by atoms with Gasteiger partial charge >= 0.3 is 0 Å². The first-order chi connectivity index (χ1) is 9.97. The molecule has 114 valence electrons. The average molecular weight is 288 g/mol. The Balaban J connectivity index is 2.27. The van der Waals surface area contributed by atoms with E-state index in [1.54, 1.807) is 0 Å². The van der Waals surface area contributed by atoms with Gasteiger partial charge in [0.1, 0.15) is 17.5 Å². The normalized spacial score (nSPS) is 10.8. The van der Waals surface area contributed by atoms with Gasteiger partial charge in [-0.3, -0.25) is 4.68 Å². The maximum Gasteiger partial charge on any atom is 0.135 e. The smallest absolute Gasteiger partial charge is 0.135 e. The van der Waals surface area contributed by atoms with E-state index in [9.17, 15) is 0 Å². The van der Waals surface area contributed by atoms with Gasteiger partial charge in [-0.1, -0.05) is 6.92 Å². The lowest BCUT2D eigenvalue weighted by atomic mass is 10.2. The summed E-state index contributed by atoms with van der Waals surface area (Å²) in [6, 6.07) is 0. The van der Waals surface area contributed by atoms with E-state index in [0.717, 1.165) is 41.7 Å². The lowest BCUT2D eigenvalue weighted by Gasteiger charge is -2.13. The molecule has 6 nitrogen and oxygen atoms in total. The van der Waals surface area contributed by atoms with Crippen molar-refractivity contribution in [2.45, 2.75) is 40.7 Å². The van der Waals surface area contributed by atoms with E-state index in [-0.39, 0.29) is 0 Å². The van der Waals surface area contributed by atoms with Crippen molar-refractivity contribution in [1.29, 1.82) is 0 Å². The number of rotatable bonds is 5. The molecule has 0 saturated heterocycles. The maximum atomic E-state index is 4.59. The van der Waals surface area contributed by atoms with Gasteiger partial charge in [0.25, 0.3) is 0 Å². The van der Waals surface area contributed by atoms with Crippen molar-refractivity contribution in [3.63, 3.8) is 0 Å². The highest BCUT2D eigenvalue weighted by Gasteiger charge is 2.12. The summed E-state index contributed by atoms with van der Waals surface area (Å²) in [6.45, 7) is 8.92. The molecule has 0 unspecified atom stereocenters. The molecule has 0 aliphatic carbocycles. The second-order valence-corrected chi connectivity index (χ2v) is 5.19. The van der Waals surface area contributed by atoms with Gasteiger partial charge in [-0.2, -0.15) is 5.10 Å². The first-order valence-corrected chi connectivity index (χ1v) is 7.26. The summed E-state index contributed by atoms with van der Waals surface area (Å²) in [4.78, 5) is 9.08. The number of hydrogen-bond donors (Lipinski definition) is 2. The minimum absolute atomic E-state index is 0.718. The van der Waals surface area contributed by atoms with E-state index in [2.05, 4.69) is 39.5 Å². The van der Waals surface area contributed by atoms with Gasteiger partial charge in [0, 0.05) is 43.9 Å². The van der Waals surface area contributed by atoms with Gasteiger partial charge in [-0.15, -0.1) is 0 Å². The maximum absolute atomic E-state index is 4.59. The van der Waals surface area contributed by atoms with Crippen LogP contribution in [0.5, 0.6) is 0 Å². The van der Waals surface area contributed by atoms with E-state index in [0.29, 0.717) is 0 Å². The van der Waals surface area contributed by atoms with Gasteiger partial charge < -0.3 is 10.6 Å². The second-order valence-electron chi connectivity index (χ2n) is 5.19. The number of anilines is 2. The van der Waals surface area contributed by atoms with Crippen LogP contribution >= 0.6 is 0 Å². The van der Waals surface area contributed by atoms with Crippen molar-refractivity contribution < 1.29 is 0 Å². The Bertz CT molecular complexity index is 644. The highest BCUT2D eigenvalue weighted by atomic mass is 15.3. The molecule has 0 saturated carbocycles. The summed E-state index contributed by atoms with van der Waals surface area (Å²) in [5.41, 5.74) is 4.49. The van der Waals surface area contributed by atoms with E-state index >= 15 is 0 Å². The van der Waals surface area contributed by atoms with Crippen LogP contribution in [0, 0.1) is 20.8 Å². The van der Waals surface area contributed by atoms with Crippen LogP contribution in [0.3, 0.4) is 0 Å². The Hall–Kier alpha value is -2.11. The number of hydrogen-bond acceptors (Lipinski definition) is 5. The zero-order valence-corrected chi connectivity index (χ0v) is 13.7. The third-order valence-electron chi connectivity index (χ3n) is 3.84. The lowest BCUT2D eigenvalue weighted by molar-refractivity contribution is 0.730. The number of nitrogens with zero attached hydrogens (tertiary/aromatic N) is 4. The summed E-state index contributed by atoms with van der Waals surface area (Å²) >= 11 is 0. The third-order valence-corrected chi connectivity index (χ3v) is 3.84. The molecule has 2 aromatic heterocycles.